The molecule has 1 aromatic heterocycles. The third-order valence-corrected chi connectivity index (χ3v) is 6.83. The van der Waals surface area contributed by atoms with E-state index in [4.69, 9.17) is 4.98 Å². The fourth-order valence-corrected chi connectivity index (χ4v) is 5.00. The first-order chi connectivity index (χ1) is 15.0. The van der Waals surface area contributed by atoms with Gasteiger partial charge < -0.3 is 5.32 Å². The van der Waals surface area contributed by atoms with Gasteiger partial charge in [0.15, 0.2) is 0 Å². The molecule has 5 heteroatoms. The number of nitrogens with zero attached hydrogens (tertiary/aromatic N) is 2. The average Bonchev–Trinajstić information content (AvgIpc) is 3.21. The second-order valence-corrected chi connectivity index (χ2v) is 9.08. The van der Waals surface area contributed by atoms with Crippen LogP contribution >= 0.6 is 11.8 Å². The first kappa shape index (κ1) is 21.1. The molecule has 3 aromatic rings. The van der Waals surface area contributed by atoms with Gasteiger partial charge in [-0.1, -0.05) is 56.3 Å². The zero-order chi connectivity index (χ0) is 22.0. The zero-order valence-corrected chi connectivity index (χ0v) is 18.8. The molecule has 0 saturated carbocycles. The zero-order valence-electron chi connectivity index (χ0n) is 18.0. The number of thioether (sulfide) groups is 1. The van der Waals surface area contributed by atoms with E-state index in [0.29, 0.717) is 17.2 Å². The molecular formula is C26H25N3OS. The topological polar surface area (TPSA) is 65.8 Å². The van der Waals surface area contributed by atoms with Crippen LogP contribution in [0.15, 0.2) is 54.6 Å². The number of nitrogens with one attached hydrogen (secondary N) is 1. The van der Waals surface area contributed by atoms with Crippen LogP contribution in [0.4, 0.5) is 5.69 Å². The van der Waals surface area contributed by atoms with Gasteiger partial charge in [-0.05, 0) is 53.8 Å². The highest BCUT2D eigenvalue weighted by atomic mass is 32.2. The Labute approximate surface area is 187 Å². The summed E-state index contributed by atoms with van der Waals surface area (Å²) in [5.74, 6) is 0.0806. The van der Waals surface area contributed by atoms with Crippen LogP contribution in [0.1, 0.15) is 64.3 Å². The predicted octanol–water partition coefficient (Wildman–Crippen LogP) is 6.35. The Morgan fingerprint density at radius 2 is 1.87 bits per heavy atom. The number of hydrogen-bond donors (Lipinski definition) is 1. The van der Waals surface area contributed by atoms with Gasteiger partial charge in [0.2, 0.25) is 0 Å². The predicted molar refractivity (Wildman–Crippen MR) is 127 cm³/mol. The summed E-state index contributed by atoms with van der Waals surface area (Å²) in [6, 6.07) is 19.9. The molecule has 0 spiro atoms. The first-order valence-electron chi connectivity index (χ1n) is 10.5. The van der Waals surface area contributed by atoms with Crippen LogP contribution in [0, 0.1) is 11.3 Å². The Bertz CT molecular complexity index is 1150. The number of amides is 1. The Kier molecular flexibility index (Phi) is 6.11. The number of aromatic nitrogens is 1. The van der Waals surface area contributed by atoms with Crippen LogP contribution in [0.25, 0.3) is 11.1 Å². The van der Waals surface area contributed by atoms with Crippen molar-refractivity contribution in [3.63, 3.8) is 0 Å². The number of carbonyl (C=O) groups excluding carboxylic acids is 1. The number of benzene rings is 2. The van der Waals surface area contributed by atoms with E-state index >= 15 is 0 Å². The van der Waals surface area contributed by atoms with E-state index in [1.807, 2.05) is 30.3 Å². The van der Waals surface area contributed by atoms with Crippen LogP contribution < -0.4 is 5.32 Å². The summed E-state index contributed by atoms with van der Waals surface area (Å²) < 4.78 is 0. The smallest absolute Gasteiger partial charge is 0.275 e. The molecule has 1 amide bonds. The SMILES string of the molecule is CSC1CCc2nc(C(=O)Nc3ccccc3)c(C#N)c(-c3ccc(C(C)C)cc3)c21. The van der Waals surface area contributed by atoms with E-state index in [9.17, 15) is 10.1 Å². The monoisotopic (exact) mass is 427 g/mol. The van der Waals surface area contributed by atoms with Gasteiger partial charge in [0, 0.05) is 22.2 Å². The third-order valence-electron chi connectivity index (χ3n) is 5.79. The molecule has 156 valence electrons. The average molecular weight is 428 g/mol. The van der Waals surface area contributed by atoms with Crippen molar-refractivity contribution in [2.24, 2.45) is 0 Å². The molecule has 0 bridgehead atoms. The number of carbonyl (C=O) groups is 1. The van der Waals surface area contributed by atoms with Gasteiger partial charge in [0.05, 0.1) is 5.56 Å². The number of rotatable bonds is 5. The molecule has 1 atom stereocenters. The first-order valence-corrected chi connectivity index (χ1v) is 11.8. The number of anilines is 1. The highest BCUT2D eigenvalue weighted by Gasteiger charge is 2.32. The van der Waals surface area contributed by atoms with Crippen molar-refractivity contribution in [1.29, 1.82) is 5.26 Å². The Balaban J connectivity index is 1.88. The van der Waals surface area contributed by atoms with E-state index in [1.165, 1.54) is 5.56 Å². The molecule has 2 aromatic carbocycles. The maximum Gasteiger partial charge on any atom is 0.275 e. The van der Waals surface area contributed by atoms with Crippen molar-refractivity contribution < 1.29 is 4.79 Å². The lowest BCUT2D eigenvalue weighted by Gasteiger charge is -2.18. The second-order valence-electron chi connectivity index (χ2n) is 8.04. The summed E-state index contributed by atoms with van der Waals surface area (Å²) in [7, 11) is 0. The highest BCUT2D eigenvalue weighted by Crippen LogP contribution is 2.46. The van der Waals surface area contributed by atoms with Gasteiger partial charge in [-0.3, -0.25) is 4.79 Å². The minimum atomic E-state index is -0.349. The van der Waals surface area contributed by atoms with Gasteiger partial charge >= 0.3 is 0 Å². The largest absolute Gasteiger partial charge is 0.321 e. The molecule has 0 radical (unpaired) electrons. The van der Waals surface area contributed by atoms with E-state index in [1.54, 1.807) is 11.8 Å². The fraction of sp³-hybridized carbons (Fsp3) is 0.269. The van der Waals surface area contributed by atoms with Gasteiger partial charge in [-0.25, -0.2) is 4.98 Å². The summed E-state index contributed by atoms with van der Waals surface area (Å²) in [5.41, 5.74) is 6.35. The van der Waals surface area contributed by atoms with Crippen molar-refractivity contribution in [3.8, 4) is 17.2 Å². The maximum absolute atomic E-state index is 13.1. The lowest BCUT2D eigenvalue weighted by atomic mass is 9.91. The number of aryl methyl sites for hydroxylation is 1. The summed E-state index contributed by atoms with van der Waals surface area (Å²) in [6.07, 6.45) is 3.87. The van der Waals surface area contributed by atoms with Crippen LogP contribution in [0.5, 0.6) is 0 Å². The number of nitriles is 1. The van der Waals surface area contributed by atoms with Gasteiger partial charge in [0.1, 0.15) is 11.8 Å². The van der Waals surface area contributed by atoms with Gasteiger partial charge in [0.25, 0.3) is 5.91 Å². The van der Waals surface area contributed by atoms with Crippen molar-refractivity contribution >= 4 is 23.4 Å². The lowest BCUT2D eigenvalue weighted by Crippen LogP contribution is -2.18. The van der Waals surface area contributed by atoms with Crippen LogP contribution in [0.2, 0.25) is 0 Å². The molecule has 4 nitrogen and oxygen atoms in total. The van der Waals surface area contributed by atoms with Crippen molar-refractivity contribution in [1.82, 2.24) is 4.98 Å². The molecule has 1 unspecified atom stereocenters. The van der Waals surface area contributed by atoms with E-state index in [0.717, 1.165) is 35.2 Å². The quantitative estimate of drug-likeness (QED) is 0.515. The lowest BCUT2D eigenvalue weighted by molar-refractivity contribution is 0.102. The molecule has 31 heavy (non-hydrogen) atoms. The molecule has 1 aliphatic rings. The normalized spacial score (nSPS) is 14.9. The Hall–Kier alpha value is -3.10. The summed E-state index contributed by atoms with van der Waals surface area (Å²) >= 11 is 1.78. The molecule has 0 fully saturated rings. The molecule has 0 saturated heterocycles. The number of hydrogen-bond acceptors (Lipinski definition) is 4. The van der Waals surface area contributed by atoms with Crippen LogP contribution in [0.3, 0.4) is 0 Å². The molecule has 1 heterocycles. The number of para-hydroxylation sites is 1. The maximum atomic E-state index is 13.1. The summed E-state index contributed by atoms with van der Waals surface area (Å²) in [5, 5.41) is 13.3. The van der Waals surface area contributed by atoms with E-state index in [2.05, 4.69) is 55.8 Å². The molecule has 0 aliphatic heterocycles. The number of pyridine rings is 1. The van der Waals surface area contributed by atoms with Gasteiger partial charge in [-0.2, -0.15) is 17.0 Å². The highest BCUT2D eigenvalue weighted by molar-refractivity contribution is 7.98. The Morgan fingerprint density at radius 3 is 2.48 bits per heavy atom. The van der Waals surface area contributed by atoms with Gasteiger partial charge in [-0.15, -0.1) is 0 Å². The summed E-state index contributed by atoms with van der Waals surface area (Å²) in [4.78, 5) is 17.8. The molecule has 4 rings (SSSR count). The second kappa shape index (κ2) is 8.95. The Morgan fingerprint density at radius 1 is 1.16 bits per heavy atom. The van der Waals surface area contributed by atoms with Crippen molar-refractivity contribution in [3.05, 3.63) is 82.7 Å². The van der Waals surface area contributed by atoms with Crippen LogP contribution in [-0.4, -0.2) is 17.1 Å². The summed E-state index contributed by atoms with van der Waals surface area (Å²) in [6.45, 7) is 4.32. The molecule has 1 N–H and O–H groups in total. The van der Waals surface area contributed by atoms with Crippen LogP contribution in [-0.2, 0) is 6.42 Å². The number of fused-ring (bicyclic) bond motifs is 1. The minimum absolute atomic E-state index is 0.204. The fourth-order valence-electron chi connectivity index (χ4n) is 4.15. The van der Waals surface area contributed by atoms with E-state index < -0.39 is 0 Å². The van der Waals surface area contributed by atoms with Crippen molar-refractivity contribution in [2.45, 2.75) is 37.9 Å². The van der Waals surface area contributed by atoms with E-state index in [-0.39, 0.29) is 16.9 Å². The standard InChI is InChI=1S/C26H25N3OS/c1-16(2)17-9-11-18(12-10-17)23-20(15-27)25(26(30)28-19-7-5-4-6-8-19)29-21-13-14-22(31-3)24(21)23/h4-12,16,22H,13-14H2,1-3H3,(H,28,30). The molecular weight excluding hydrogens is 402 g/mol. The molecule has 1 aliphatic carbocycles. The van der Waals surface area contributed by atoms with Crippen molar-refractivity contribution in [2.75, 3.05) is 11.6 Å². The minimum Gasteiger partial charge on any atom is -0.321 e. The third kappa shape index (κ3) is 4.08.